The fourth-order valence-electron chi connectivity index (χ4n) is 2.99. The molecule has 0 spiro atoms. The summed E-state index contributed by atoms with van der Waals surface area (Å²) in [5.74, 6) is 0.416. The molecule has 0 bridgehead atoms. The lowest BCUT2D eigenvalue weighted by Gasteiger charge is -2.11. The van der Waals surface area contributed by atoms with Crippen molar-refractivity contribution in [2.45, 2.75) is 20.0 Å². The second-order valence-corrected chi connectivity index (χ2v) is 7.70. The lowest BCUT2D eigenvalue weighted by molar-refractivity contribution is -0.137. The van der Waals surface area contributed by atoms with Crippen molar-refractivity contribution < 1.29 is 22.7 Å². The van der Waals surface area contributed by atoms with Crippen LogP contribution in [0.5, 0.6) is 11.6 Å². The number of amides is 1. The van der Waals surface area contributed by atoms with Crippen molar-refractivity contribution in [1.29, 1.82) is 0 Å². The molecule has 31 heavy (non-hydrogen) atoms. The number of aromatic nitrogens is 3. The Labute approximate surface area is 178 Å². The molecule has 1 amide bonds. The molecule has 0 atom stereocenters. The number of alkyl halides is 3. The van der Waals surface area contributed by atoms with Crippen LogP contribution in [-0.4, -0.2) is 20.9 Å². The Morgan fingerprint density at radius 1 is 1.13 bits per heavy atom. The molecule has 4 rings (SSSR count). The molecule has 0 aliphatic heterocycles. The summed E-state index contributed by atoms with van der Waals surface area (Å²) in [7, 11) is 0. The van der Waals surface area contributed by atoms with Gasteiger partial charge in [-0.2, -0.15) is 13.2 Å². The zero-order valence-electron chi connectivity index (χ0n) is 16.3. The highest BCUT2D eigenvalue weighted by molar-refractivity contribution is 7.22. The van der Waals surface area contributed by atoms with Gasteiger partial charge in [-0.05, 0) is 36.8 Å². The third-order valence-electron chi connectivity index (χ3n) is 4.35. The van der Waals surface area contributed by atoms with Gasteiger partial charge in [-0.1, -0.05) is 23.5 Å². The van der Waals surface area contributed by atoms with Gasteiger partial charge in [0, 0.05) is 18.6 Å². The number of benzene rings is 2. The second-order valence-electron chi connectivity index (χ2n) is 6.67. The monoisotopic (exact) mass is 444 g/mol. The molecule has 6 nitrogen and oxygen atoms in total. The number of fused-ring (bicyclic) bond motifs is 1. The molecule has 10 heteroatoms. The molecule has 1 N–H and O–H groups in total. The fraction of sp³-hybridized carbons (Fsp3) is 0.143. The Morgan fingerprint density at radius 3 is 2.65 bits per heavy atom. The van der Waals surface area contributed by atoms with E-state index in [0.29, 0.717) is 33.2 Å². The third kappa shape index (κ3) is 4.48. The number of para-hydroxylation sites is 1. The van der Waals surface area contributed by atoms with Crippen molar-refractivity contribution in [2.24, 2.45) is 0 Å². The summed E-state index contributed by atoms with van der Waals surface area (Å²) in [6.45, 7) is 2.99. The van der Waals surface area contributed by atoms with E-state index in [1.807, 2.05) is 6.07 Å². The Hall–Kier alpha value is -3.53. The maximum Gasteiger partial charge on any atom is 0.416 e. The van der Waals surface area contributed by atoms with Crippen LogP contribution in [0.2, 0.25) is 0 Å². The van der Waals surface area contributed by atoms with Crippen LogP contribution in [0.1, 0.15) is 18.1 Å². The quantitative estimate of drug-likeness (QED) is 0.428. The van der Waals surface area contributed by atoms with E-state index < -0.39 is 11.7 Å². The number of nitrogens with zero attached hydrogens (tertiary/aromatic N) is 3. The lowest BCUT2D eigenvalue weighted by atomic mass is 10.0. The van der Waals surface area contributed by atoms with E-state index in [-0.39, 0.29) is 11.8 Å². The number of rotatable bonds is 4. The number of nitrogens with one attached hydrogen (secondary N) is 1. The van der Waals surface area contributed by atoms with Gasteiger partial charge in [-0.15, -0.1) is 0 Å². The van der Waals surface area contributed by atoms with E-state index in [9.17, 15) is 18.0 Å². The molecule has 0 saturated heterocycles. The molecule has 0 aliphatic rings. The number of carbonyl (C=O) groups excluding carboxylic acids is 1. The smallest absolute Gasteiger partial charge is 0.416 e. The second kappa shape index (κ2) is 7.95. The van der Waals surface area contributed by atoms with E-state index in [1.54, 1.807) is 25.1 Å². The first-order valence-electron chi connectivity index (χ1n) is 9.06. The number of carbonyl (C=O) groups is 1. The standard InChI is InChI=1S/C21H15F3N4O2S/c1-11-8-13(21(22,23)24)6-7-14(11)15-9-18(26-10-25-15)30-16-4-3-5-17-19(16)28-20(31-17)27-12(2)29/h3-10H,1-2H3,(H,27,28,29). The van der Waals surface area contributed by atoms with E-state index in [0.717, 1.165) is 16.8 Å². The van der Waals surface area contributed by atoms with Gasteiger partial charge in [-0.25, -0.2) is 15.0 Å². The number of aryl methyl sites for hydroxylation is 1. The number of thiazole rings is 1. The number of hydrogen-bond donors (Lipinski definition) is 1. The minimum absolute atomic E-state index is 0.214. The molecule has 2 heterocycles. The molecule has 0 unspecified atom stereocenters. The van der Waals surface area contributed by atoms with Crippen LogP contribution in [0.15, 0.2) is 48.8 Å². The Balaban J connectivity index is 1.66. The zero-order valence-corrected chi connectivity index (χ0v) is 17.1. The summed E-state index contributed by atoms with van der Waals surface area (Å²) < 4.78 is 45.5. The molecular weight excluding hydrogens is 429 g/mol. The van der Waals surface area contributed by atoms with Crippen LogP contribution in [0.4, 0.5) is 18.3 Å². The van der Waals surface area contributed by atoms with Gasteiger partial charge >= 0.3 is 6.18 Å². The van der Waals surface area contributed by atoms with Crippen molar-refractivity contribution in [3.8, 4) is 22.9 Å². The molecule has 0 fully saturated rings. The van der Waals surface area contributed by atoms with E-state index in [1.165, 1.54) is 30.7 Å². The SMILES string of the molecule is CC(=O)Nc1nc2c(Oc3cc(-c4ccc(C(F)(F)F)cc4C)ncn3)cccc2s1. The summed E-state index contributed by atoms with van der Waals surface area (Å²) in [5.41, 5.74) is 1.24. The van der Waals surface area contributed by atoms with Gasteiger partial charge in [0.05, 0.1) is 16.0 Å². The molecule has 158 valence electrons. The lowest BCUT2D eigenvalue weighted by Crippen LogP contribution is -2.05. The Morgan fingerprint density at radius 2 is 1.94 bits per heavy atom. The molecule has 2 aromatic carbocycles. The maximum atomic E-state index is 12.9. The first-order chi connectivity index (χ1) is 14.7. The molecule has 0 radical (unpaired) electrons. The van der Waals surface area contributed by atoms with E-state index in [2.05, 4.69) is 20.3 Å². The van der Waals surface area contributed by atoms with Crippen LogP contribution < -0.4 is 10.1 Å². The van der Waals surface area contributed by atoms with Crippen LogP contribution in [0.3, 0.4) is 0 Å². The van der Waals surface area contributed by atoms with E-state index >= 15 is 0 Å². The van der Waals surface area contributed by atoms with Crippen LogP contribution in [0, 0.1) is 6.92 Å². The van der Waals surface area contributed by atoms with Crippen molar-refractivity contribution in [1.82, 2.24) is 15.0 Å². The number of ether oxygens (including phenoxy) is 1. The number of halogens is 3. The van der Waals surface area contributed by atoms with Crippen molar-refractivity contribution >= 4 is 32.6 Å². The zero-order chi connectivity index (χ0) is 22.2. The minimum atomic E-state index is -4.41. The third-order valence-corrected chi connectivity index (χ3v) is 5.29. The van der Waals surface area contributed by atoms with Crippen LogP contribution >= 0.6 is 11.3 Å². The van der Waals surface area contributed by atoms with Gasteiger partial charge in [-0.3, -0.25) is 4.79 Å². The number of hydrogen-bond acceptors (Lipinski definition) is 6. The molecule has 2 aromatic heterocycles. The summed E-state index contributed by atoms with van der Waals surface area (Å²) in [5, 5.41) is 3.09. The largest absolute Gasteiger partial charge is 0.437 e. The van der Waals surface area contributed by atoms with Gasteiger partial charge in [0.2, 0.25) is 11.8 Å². The Bertz CT molecular complexity index is 1290. The fourth-order valence-corrected chi connectivity index (χ4v) is 3.92. The van der Waals surface area contributed by atoms with Crippen LogP contribution in [0.25, 0.3) is 21.5 Å². The topological polar surface area (TPSA) is 77.0 Å². The highest BCUT2D eigenvalue weighted by Crippen LogP contribution is 2.36. The first kappa shape index (κ1) is 20.7. The molecule has 4 aromatic rings. The van der Waals surface area contributed by atoms with Crippen LogP contribution in [-0.2, 0) is 11.0 Å². The van der Waals surface area contributed by atoms with Crippen molar-refractivity contribution in [3.05, 3.63) is 59.9 Å². The van der Waals surface area contributed by atoms with E-state index in [4.69, 9.17) is 4.74 Å². The van der Waals surface area contributed by atoms with Gasteiger partial charge < -0.3 is 10.1 Å². The first-order valence-corrected chi connectivity index (χ1v) is 9.87. The predicted octanol–water partition coefficient (Wildman–Crippen LogP) is 5.83. The van der Waals surface area contributed by atoms with Gasteiger partial charge in [0.1, 0.15) is 11.8 Å². The minimum Gasteiger partial charge on any atom is -0.437 e. The average molecular weight is 444 g/mol. The van der Waals surface area contributed by atoms with Gasteiger partial charge in [0.25, 0.3) is 0 Å². The summed E-state index contributed by atoms with van der Waals surface area (Å²) >= 11 is 1.31. The summed E-state index contributed by atoms with van der Waals surface area (Å²) in [4.78, 5) is 23.9. The normalized spacial score (nSPS) is 11.5. The van der Waals surface area contributed by atoms with Gasteiger partial charge in [0.15, 0.2) is 10.9 Å². The predicted molar refractivity (Wildman–Crippen MR) is 111 cm³/mol. The van der Waals surface area contributed by atoms with Crippen molar-refractivity contribution in [3.63, 3.8) is 0 Å². The average Bonchev–Trinajstić information content (AvgIpc) is 3.10. The van der Waals surface area contributed by atoms with Crippen molar-refractivity contribution in [2.75, 3.05) is 5.32 Å². The maximum absolute atomic E-state index is 12.9. The highest BCUT2D eigenvalue weighted by atomic mass is 32.1. The Kier molecular flexibility index (Phi) is 5.32. The molecule has 0 saturated carbocycles. The highest BCUT2D eigenvalue weighted by Gasteiger charge is 2.30. The summed E-state index contributed by atoms with van der Waals surface area (Å²) in [6, 6.07) is 10.4. The summed E-state index contributed by atoms with van der Waals surface area (Å²) in [6.07, 6.45) is -3.13. The molecular formula is C21H15F3N4O2S. The number of anilines is 1. The molecule has 0 aliphatic carbocycles.